The molecular formula is C15H38O6Si3. The van der Waals surface area contributed by atoms with Gasteiger partial charge in [-0.2, -0.15) is 0 Å². The Morgan fingerprint density at radius 3 is 1.29 bits per heavy atom. The van der Waals surface area contributed by atoms with Gasteiger partial charge in [-0.25, -0.2) is 0 Å². The molecule has 146 valence electrons. The molecule has 0 aliphatic heterocycles. The maximum Gasteiger partial charge on any atom is 0.500 e. The largest absolute Gasteiger partial charge is 0.500 e. The third kappa shape index (κ3) is 9.20. The summed E-state index contributed by atoms with van der Waals surface area (Å²) < 4.78 is 35.6. The van der Waals surface area contributed by atoms with E-state index in [4.69, 9.17) is 26.6 Å². The zero-order valence-corrected chi connectivity index (χ0v) is 19.9. The van der Waals surface area contributed by atoms with E-state index >= 15 is 0 Å². The van der Waals surface area contributed by atoms with Gasteiger partial charge >= 0.3 is 17.1 Å². The smallest absolute Gasteiger partial charge is 0.377 e. The van der Waals surface area contributed by atoms with Crippen molar-refractivity contribution in [2.24, 2.45) is 0 Å². The fourth-order valence-electron chi connectivity index (χ4n) is 2.69. The van der Waals surface area contributed by atoms with Crippen molar-refractivity contribution in [2.45, 2.75) is 60.1 Å². The Morgan fingerprint density at radius 2 is 0.958 bits per heavy atom. The third-order valence-electron chi connectivity index (χ3n) is 3.40. The first-order valence-electron chi connectivity index (χ1n) is 9.41. The van der Waals surface area contributed by atoms with Gasteiger partial charge in [-0.05, 0) is 41.5 Å². The van der Waals surface area contributed by atoms with Crippen LogP contribution in [0.5, 0.6) is 0 Å². The van der Waals surface area contributed by atoms with Crippen molar-refractivity contribution < 1.29 is 26.6 Å². The summed E-state index contributed by atoms with van der Waals surface area (Å²) in [6.45, 7) is 15.8. The van der Waals surface area contributed by atoms with Gasteiger partial charge in [0.1, 0.15) is 9.04 Å². The third-order valence-corrected chi connectivity index (χ3v) is 14.9. The van der Waals surface area contributed by atoms with E-state index in [1.165, 1.54) is 0 Å². The van der Waals surface area contributed by atoms with Gasteiger partial charge < -0.3 is 26.6 Å². The average Bonchev–Trinajstić information content (AvgIpc) is 2.53. The molecule has 0 aliphatic rings. The highest BCUT2D eigenvalue weighted by Gasteiger charge is 2.42. The van der Waals surface area contributed by atoms with Crippen LogP contribution in [0.25, 0.3) is 0 Å². The van der Waals surface area contributed by atoms with Crippen LogP contribution in [0.1, 0.15) is 48.0 Å². The van der Waals surface area contributed by atoms with Crippen LogP contribution < -0.4 is 0 Å². The second kappa shape index (κ2) is 14.6. The minimum Gasteiger partial charge on any atom is -0.377 e. The lowest BCUT2D eigenvalue weighted by Crippen LogP contribution is -2.52. The number of hydrogen-bond donors (Lipinski definition) is 0. The zero-order chi connectivity index (χ0) is 18.3. The van der Waals surface area contributed by atoms with E-state index in [0.29, 0.717) is 39.6 Å². The van der Waals surface area contributed by atoms with Crippen LogP contribution in [0, 0.1) is 0 Å². The minimum absolute atomic E-state index is 0.598. The summed E-state index contributed by atoms with van der Waals surface area (Å²) in [5.41, 5.74) is 0. The molecule has 0 spiro atoms. The summed E-state index contributed by atoms with van der Waals surface area (Å²) in [7, 11) is -5.55. The second-order valence-electron chi connectivity index (χ2n) is 5.17. The summed E-state index contributed by atoms with van der Waals surface area (Å²) in [6.07, 6.45) is 1.01. The van der Waals surface area contributed by atoms with E-state index < -0.39 is 26.2 Å². The molecule has 0 amide bonds. The first-order chi connectivity index (χ1) is 11.6. The molecule has 0 saturated carbocycles. The molecule has 0 rings (SSSR count). The second-order valence-corrected chi connectivity index (χ2v) is 15.4. The minimum atomic E-state index is -2.53. The lowest BCUT2D eigenvalue weighted by atomic mass is 10.6. The van der Waals surface area contributed by atoms with E-state index in [0.717, 1.165) is 18.5 Å². The molecule has 0 atom stereocenters. The maximum absolute atomic E-state index is 5.96. The molecule has 0 aromatic carbocycles. The molecule has 24 heavy (non-hydrogen) atoms. The Hall–Kier alpha value is 0.411. The highest BCUT2D eigenvalue weighted by molar-refractivity contribution is 7.14. The lowest BCUT2D eigenvalue weighted by molar-refractivity contribution is 0.0710. The molecular weight excluding hydrogens is 360 g/mol. The SMILES string of the molecule is CCO[Si](CCC[SiH2][Si](OCC)(OCC)OCC)(OCC)OCC. The van der Waals surface area contributed by atoms with Gasteiger partial charge in [-0.3, -0.25) is 0 Å². The molecule has 9 heteroatoms. The normalized spacial score (nSPS) is 13.2. The molecule has 0 heterocycles. The van der Waals surface area contributed by atoms with Crippen LogP contribution >= 0.6 is 0 Å². The Bertz CT molecular complexity index is 234. The van der Waals surface area contributed by atoms with Crippen LogP contribution in [0.2, 0.25) is 12.1 Å². The van der Waals surface area contributed by atoms with Gasteiger partial charge in [-0.1, -0.05) is 12.5 Å². The molecule has 0 unspecified atom stereocenters. The van der Waals surface area contributed by atoms with Crippen molar-refractivity contribution >= 4 is 26.2 Å². The fourth-order valence-corrected chi connectivity index (χ4v) is 14.0. The Balaban J connectivity index is 4.64. The van der Waals surface area contributed by atoms with E-state index in [1.54, 1.807) is 0 Å². The number of rotatable bonds is 17. The van der Waals surface area contributed by atoms with E-state index in [-0.39, 0.29) is 0 Å². The lowest BCUT2D eigenvalue weighted by Gasteiger charge is -2.30. The first kappa shape index (κ1) is 24.4. The van der Waals surface area contributed by atoms with Gasteiger partial charge in [0.15, 0.2) is 0 Å². The Morgan fingerprint density at radius 1 is 0.583 bits per heavy atom. The molecule has 0 aromatic heterocycles. The van der Waals surface area contributed by atoms with Crippen LogP contribution in [-0.4, -0.2) is 65.8 Å². The van der Waals surface area contributed by atoms with Crippen molar-refractivity contribution in [1.29, 1.82) is 0 Å². The molecule has 0 aliphatic carbocycles. The summed E-state index contributed by atoms with van der Waals surface area (Å²) in [5.74, 6) is 0. The highest BCUT2D eigenvalue weighted by atomic mass is 29.2. The molecule has 6 nitrogen and oxygen atoms in total. The van der Waals surface area contributed by atoms with Gasteiger partial charge in [0.05, 0.1) is 0 Å². The van der Waals surface area contributed by atoms with Crippen molar-refractivity contribution in [3.63, 3.8) is 0 Å². The van der Waals surface area contributed by atoms with Crippen molar-refractivity contribution in [3.8, 4) is 0 Å². The predicted molar refractivity (Wildman–Crippen MR) is 104 cm³/mol. The van der Waals surface area contributed by atoms with Gasteiger partial charge in [0.25, 0.3) is 0 Å². The molecule has 0 fully saturated rings. The molecule has 0 bridgehead atoms. The standard InChI is InChI=1S/C15H38O6Si3/c1-7-16-23(17-8-2,18-9-3)15-13-14-22-24(19-10-4,20-11-5)21-12-6/h7-15,22H2,1-6H3. The zero-order valence-electron chi connectivity index (χ0n) is 16.5. The van der Waals surface area contributed by atoms with Crippen molar-refractivity contribution in [3.05, 3.63) is 0 Å². The van der Waals surface area contributed by atoms with Crippen molar-refractivity contribution in [1.82, 2.24) is 0 Å². The summed E-state index contributed by atoms with van der Waals surface area (Å²) in [4.78, 5) is 0. The van der Waals surface area contributed by atoms with Crippen LogP contribution in [0.3, 0.4) is 0 Å². The van der Waals surface area contributed by atoms with Crippen molar-refractivity contribution in [2.75, 3.05) is 39.6 Å². The number of hydrogen-bond acceptors (Lipinski definition) is 6. The molecule has 0 saturated heterocycles. The predicted octanol–water partition coefficient (Wildman–Crippen LogP) is 2.56. The summed E-state index contributed by atoms with van der Waals surface area (Å²) in [6, 6.07) is 1.94. The fraction of sp³-hybridized carbons (Fsp3) is 1.00. The molecule has 0 radical (unpaired) electrons. The first-order valence-corrected chi connectivity index (χ1v) is 16.4. The molecule has 0 N–H and O–H groups in total. The topological polar surface area (TPSA) is 55.4 Å². The highest BCUT2D eigenvalue weighted by Crippen LogP contribution is 2.21. The maximum atomic E-state index is 5.96. The van der Waals surface area contributed by atoms with E-state index in [1.807, 2.05) is 41.5 Å². The van der Waals surface area contributed by atoms with E-state index in [2.05, 4.69) is 0 Å². The Labute approximate surface area is 152 Å². The summed E-state index contributed by atoms with van der Waals surface area (Å²) in [5, 5.41) is 0. The van der Waals surface area contributed by atoms with E-state index in [9.17, 15) is 0 Å². The quantitative estimate of drug-likeness (QED) is 0.277. The van der Waals surface area contributed by atoms with Crippen LogP contribution in [0.15, 0.2) is 0 Å². The summed E-state index contributed by atoms with van der Waals surface area (Å²) >= 11 is 0. The Kier molecular flexibility index (Phi) is 14.8. The average molecular weight is 399 g/mol. The van der Waals surface area contributed by atoms with Gasteiger partial charge in [0, 0.05) is 45.7 Å². The van der Waals surface area contributed by atoms with Crippen LogP contribution in [-0.2, 0) is 26.6 Å². The molecule has 0 aromatic rings. The van der Waals surface area contributed by atoms with Gasteiger partial charge in [-0.15, -0.1) is 0 Å². The monoisotopic (exact) mass is 398 g/mol. The van der Waals surface area contributed by atoms with Crippen LogP contribution in [0.4, 0.5) is 0 Å². The van der Waals surface area contributed by atoms with Gasteiger partial charge in [0.2, 0.25) is 0 Å².